The highest BCUT2D eigenvalue weighted by Gasteiger charge is 2.21. The summed E-state index contributed by atoms with van der Waals surface area (Å²) in [6.45, 7) is 7.37. The van der Waals surface area contributed by atoms with Crippen LogP contribution < -0.4 is 14.4 Å². The van der Waals surface area contributed by atoms with Crippen LogP contribution in [0.25, 0.3) is 16.8 Å². The van der Waals surface area contributed by atoms with Crippen LogP contribution >= 0.6 is 0 Å². The van der Waals surface area contributed by atoms with Gasteiger partial charge in [-0.15, -0.1) is 0 Å². The van der Waals surface area contributed by atoms with E-state index in [1.54, 1.807) is 14.2 Å². The number of methoxy groups -OCH3 is 2. The summed E-state index contributed by atoms with van der Waals surface area (Å²) < 4.78 is 12.8. The van der Waals surface area contributed by atoms with E-state index in [2.05, 4.69) is 11.8 Å². The summed E-state index contributed by atoms with van der Waals surface area (Å²) >= 11 is 0. The smallest absolute Gasteiger partial charge is 0.165 e. The van der Waals surface area contributed by atoms with Gasteiger partial charge in [-0.2, -0.15) is 9.61 Å². The number of likely N-dealkylation sites (N-methyl/N-ethyl adjacent to an activating group) is 1. The van der Waals surface area contributed by atoms with Crippen molar-refractivity contribution in [2.45, 2.75) is 20.8 Å². The number of hydrogen-bond donors (Lipinski definition) is 1. The third-order valence-corrected chi connectivity index (χ3v) is 4.63. The number of anilines is 1. The van der Waals surface area contributed by atoms with Crippen LogP contribution in [0.5, 0.6) is 11.5 Å². The predicted octanol–water partition coefficient (Wildman–Crippen LogP) is 2.85. The average molecular weight is 370 g/mol. The van der Waals surface area contributed by atoms with Crippen molar-refractivity contribution in [3.63, 3.8) is 0 Å². The monoisotopic (exact) mass is 370 g/mol. The minimum atomic E-state index is 0.0795. The second-order valence-corrected chi connectivity index (χ2v) is 6.32. The molecule has 0 saturated heterocycles. The lowest BCUT2D eigenvalue weighted by Gasteiger charge is -2.22. The minimum absolute atomic E-state index is 0.0795. The lowest BCUT2D eigenvalue weighted by molar-refractivity contribution is 0.302. The van der Waals surface area contributed by atoms with Gasteiger partial charge in [-0.3, -0.25) is 0 Å². The Hall–Kier alpha value is -2.80. The number of rotatable bonds is 7. The van der Waals surface area contributed by atoms with Crippen LogP contribution in [0.3, 0.4) is 0 Å². The van der Waals surface area contributed by atoms with Crippen molar-refractivity contribution in [1.29, 1.82) is 0 Å². The molecule has 1 N–H and O–H groups in total. The van der Waals surface area contributed by atoms with Gasteiger partial charge in [-0.05, 0) is 32.9 Å². The van der Waals surface area contributed by atoms with E-state index in [-0.39, 0.29) is 6.61 Å². The molecule has 7 nitrogen and oxygen atoms in total. The zero-order chi connectivity index (χ0) is 19.6. The van der Waals surface area contributed by atoms with Crippen molar-refractivity contribution in [3.8, 4) is 22.6 Å². The van der Waals surface area contributed by atoms with Gasteiger partial charge in [0.25, 0.3) is 0 Å². The predicted molar refractivity (Wildman–Crippen MR) is 106 cm³/mol. The summed E-state index contributed by atoms with van der Waals surface area (Å²) in [5.41, 5.74) is 4.36. The molecule has 0 aliphatic rings. The topological polar surface area (TPSA) is 72.1 Å². The van der Waals surface area contributed by atoms with Crippen LogP contribution in [0, 0.1) is 13.8 Å². The van der Waals surface area contributed by atoms with Gasteiger partial charge in [-0.25, -0.2) is 4.98 Å². The Labute approximate surface area is 159 Å². The molecule has 2 heterocycles. The molecule has 0 atom stereocenters. The normalized spacial score (nSPS) is 11.0. The molecular weight excluding hydrogens is 344 g/mol. The first-order valence-corrected chi connectivity index (χ1v) is 8.99. The molecule has 2 aromatic heterocycles. The van der Waals surface area contributed by atoms with Gasteiger partial charge in [0, 0.05) is 36.5 Å². The van der Waals surface area contributed by atoms with Crippen molar-refractivity contribution < 1.29 is 14.6 Å². The van der Waals surface area contributed by atoms with E-state index in [0.29, 0.717) is 12.3 Å². The number of aryl methyl sites for hydroxylation is 2. The van der Waals surface area contributed by atoms with E-state index in [1.807, 2.05) is 42.6 Å². The zero-order valence-electron chi connectivity index (χ0n) is 16.5. The number of aliphatic hydroxyl groups is 1. The van der Waals surface area contributed by atoms with Gasteiger partial charge in [0.2, 0.25) is 0 Å². The number of aliphatic hydroxyl groups excluding tert-OH is 1. The molecule has 3 rings (SSSR count). The van der Waals surface area contributed by atoms with Crippen LogP contribution in [-0.4, -0.2) is 53.6 Å². The summed E-state index contributed by atoms with van der Waals surface area (Å²) in [5.74, 6) is 2.35. The van der Waals surface area contributed by atoms with Crippen molar-refractivity contribution >= 4 is 11.5 Å². The quantitative estimate of drug-likeness (QED) is 0.689. The van der Waals surface area contributed by atoms with Crippen molar-refractivity contribution in [2.75, 3.05) is 38.8 Å². The highest BCUT2D eigenvalue weighted by Crippen LogP contribution is 2.38. The summed E-state index contributed by atoms with van der Waals surface area (Å²) in [6, 6.07) is 7.73. The molecule has 0 fully saturated rings. The second-order valence-electron chi connectivity index (χ2n) is 6.32. The van der Waals surface area contributed by atoms with Crippen molar-refractivity contribution in [3.05, 3.63) is 35.7 Å². The van der Waals surface area contributed by atoms with Crippen LogP contribution in [0.4, 0.5) is 5.82 Å². The number of hydrogen-bond acceptors (Lipinski definition) is 6. The third-order valence-electron chi connectivity index (χ3n) is 4.63. The number of ether oxygens (including phenoxy) is 2. The van der Waals surface area contributed by atoms with E-state index in [4.69, 9.17) is 19.6 Å². The minimum Gasteiger partial charge on any atom is -0.497 e. The van der Waals surface area contributed by atoms with Crippen molar-refractivity contribution in [1.82, 2.24) is 14.6 Å². The fourth-order valence-electron chi connectivity index (χ4n) is 3.33. The number of fused-ring (bicyclic) bond motifs is 1. The van der Waals surface area contributed by atoms with E-state index in [1.165, 1.54) is 0 Å². The van der Waals surface area contributed by atoms with E-state index in [0.717, 1.165) is 46.3 Å². The molecule has 1 aromatic carbocycles. The summed E-state index contributed by atoms with van der Waals surface area (Å²) in [7, 11) is 3.27. The lowest BCUT2D eigenvalue weighted by Crippen LogP contribution is -2.28. The molecule has 0 bridgehead atoms. The Bertz CT molecular complexity index is 952. The largest absolute Gasteiger partial charge is 0.497 e. The Morgan fingerprint density at radius 3 is 2.56 bits per heavy atom. The van der Waals surface area contributed by atoms with E-state index in [9.17, 15) is 5.11 Å². The molecule has 0 radical (unpaired) electrons. The Morgan fingerprint density at radius 2 is 1.93 bits per heavy atom. The van der Waals surface area contributed by atoms with E-state index >= 15 is 0 Å². The highest BCUT2D eigenvalue weighted by atomic mass is 16.5. The lowest BCUT2D eigenvalue weighted by atomic mass is 10.0. The van der Waals surface area contributed by atoms with Gasteiger partial charge in [0.1, 0.15) is 17.3 Å². The van der Waals surface area contributed by atoms with Crippen molar-refractivity contribution in [2.24, 2.45) is 0 Å². The standard InChI is InChI=1S/C20H26N4O3/c1-6-23(9-10-25)18-11-13(2)21-20-19(14(3)22-24(18)20)16-8-7-15(26-4)12-17(16)27-5/h7-8,11-12,25H,6,9-10H2,1-5H3. The molecule has 144 valence electrons. The van der Waals surface area contributed by atoms with Gasteiger partial charge in [-0.1, -0.05) is 0 Å². The molecule has 0 aliphatic carbocycles. The third kappa shape index (κ3) is 3.42. The second kappa shape index (κ2) is 7.84. The number of benzene rings is 1. The molecular formula is C20H26N4O3. The maximum atomic E-state index is 9.41. The van der Waals surface area contributed by atoms with Crippen LogP contribution in [0.15, 0.2) is 24.3 Å². The maximum Gasteiger partial charge on any atom is 0.165 e. The molecule has 7 heteroatoms. The fourth-order valence-corrected chi connectivity index (χ4v) is 3.33. The first kappa shape index (κ1) is 19.0. The highest BCUT2D eigenvalue weighted by molar-refractivity contribution is 5.85. The molecule has 3 aromatic rings. The van der Waals surface area contributed by atoms with Gasteiger partial charge >= 0.3 is 0 Å². The van der Waals surface area contributed by atoms with Crippen LogP contribution in [0.1, 0.15) is 18.3 Å². The molecule has 0 amide bonds. The number of aromatic nitrogens is 3. The molecule has 0 unspecified atom stereocenters. The van der Waals surface area contributed by atoms with Gasteiger partial charge < -0.3 is 19.5 Å². The maximum absolute atomic E-state index is 9.41. The van der Waals surface area contributed by atoms with Crippen LogP contribution in [0.2, 0.25) is 0 Å². The Kier molecular flexibility index (Phi) is 5.51. The average Bonchev–Trinajstić information content (AvgIpc) is 3.00. The summed E-state index contributed by atoms with van der Waals surface area (Å²) in [4.78, 5) is 6.84. The summed E-state index contributed by atoms with van der Waals surface area (Å²) in [6.07, 6.45) is 0. The summed E-state index contributed by atoms with van der Waals surface area (Å²) in [5, 5.41) is 14.2. The first-order chi connectivity index (χ1) is 13.0. The fraction of sp³-hybridized carbons (Fsp3) is 0.400. The zero-order valence-corrected chi connectivity index (χ0v) is 16.5. The number of nitrogens with zero attached hydrogens (tertiary/aromatic N) is 4. The molecule has 0 spiro atoms. The molecule has 27 heavy (non-hydrogen) atoms. The SMILES string of the molecule is CCN(CCO)c1cc(C)nc2c(-c3ccc(OC)cc3OC)c(C)nn12. The van der Waals surface area contributed by atoms with E-state index < -0.39 is 0 Å². The molecule has 0 saturated carbocycles. The Balaban J connectivity index is 2.27. The first-order valence-electron chi connectivity index (χ1n) is 8.99. The Morgan fingerprint density at radius 1 is 1.15 bits per heavy atom. The molecule has 0 aliphatic heterocycles. The van der Waals surface area contributed by atoms with Gasteiger partial charge in [0.05, 0.1) is 32.1 Å². The van der Waals surface area contributed by atoms with Gasteiger partial charge in [0.15, 0.2) is 5.65 Å². The van der Waals surface area contributed by atoms with Crippen LogP contribution in [-0.2, 0) is 0 Å².